The topological polar surface area (TPSA) is 89.5 Å². The fourth-order valence-electron chi connectivity index (χ4n) is 3.46. The highest BCUT2D eigenvalue weighted by Crippen LogP contribution is 2.28. The Hall–Kier alpha value is -2.61. The second kappa shape index (κ2) is 10.2. The summed E-state index contributed by atoms with van der Waals surface area (Å²) in [5.74, 6) is 0.727. The van der Waals surface area contributed by atoms with Crippen LogP contribution in [-0.4, -0.2) is 37.1 Å². The predicted molar refractivity (Wildman–Crippen MR) is 113 cm³/mol. The van der Waals surface area contributed by atoms with E-state index in [1.54, 1.807) is 30.7 Å². The van der Waals surface area contributed by atoms with Gasteiger partial charge in [0.15, 0.2) is 16.6 Å². The molecule has 8 heteroatoms. The van der Waals surface area contributed by atoms with Crippen LogP contribution in [0.5, 0.6) is 11.5 Å². The molecule has 2 aromatic rings. The Balaban J connectivity index is 1.55. The first-order valence-electron chi connectivity index (χ1n) is 9.86. The van der Waals surface area contributed by atoms with E-state index in [0.29, 0.717) is 27.9 Å². The maximum Gasteiger partial charge on any atom is 0.257 e. The van der Waals surface area contributed by atoms with E-state index >= 15 is 0 Å². The minimum atomic E-state index is -0.297. The van der Waals surface area contributed by atoms with Gasteiger partial charge in [0, 0.05) is 17.0 Å². The number of methoxy groups -OCH3 is 2. The predicted octanol–water partition coefficient (Wildman–Crippen LogP) is 3.79. The number of carbonyl (C=O) groups is 2. The molecule has 1 aliphatic rings. The van der Waals surface area contributed by atoms with Crippen molar-refractivity contribution in [3.05, 3.63) is 34.8 Å². The molecule has 2 N–H and O–H groups in total. The van der Waals surface area contributed by atoms with Gasteiger partial charge in [-0.05, 0) is 31.0 Å². The largest absolute Gasteiger partial charge is 0.493 e. The van der Waals surface area contributed by atoms with Gasteiger partial charge < -0.3 is 14.8 Å². The fraction of sp³-hybridized carbons (Fsp3) is 0.476. The van der Waals surface area contributed by atoms with Gasteiger partial charge in [-0.15, -0.1) is 11.3 Å². The van der Waals surface area contributed by atoms with E-state index in [0.717, 1.165) is 12.8 Å². The van der Waals surface area contributed by atoms with E-state index in [1.807, 2.05) is 0 Å². The third-order valence-corrected chi connectivity index (χ3v) is 5.79. The highest BCUT2D eigenvalue weighted by molar-refractivity contribution is 7.14. The van der Waals surface area contributed by atoms with Gasteiger partial charge in [-0.2, -0.15) is 0 Å². The highest BCUT2D eigenvalue weighted by Gasteiger charge is 2.17. The molecule has 0 unspecified atom stereocenters. The van der Waals surface area contributed by atoms with E-state index in [2.05, 4.69) is 15.6 Å². The first kappa shape index (κ1) is 21.1. The summed E-state index contributed by atoms with van der Waals surface area (Å²) in [5, 5.41) is 8.15. The van der Waals surface area contributed by atoms with Crippen LogP contribution in [0.25, 0.3) is 0 Å². The van der Waals surface area contributed by atoms with Crippen molar-refractivity contribution in [3.8, 4) is 11.5 Å². The van der Waals surface area contributed by atoms with Crippen LogP contribution in [0.1, 0.15) is 54.6 Å². The molecule has 1 aromatic heterocycles. The third kappa shape index (κ3) is 5.93. The first-order chi connectivity index (χ1) is 14.1. The highest BCUT2D eigenvalue weighted by atomic mass is 32.1. The Morgan fingerprint density at radius 1 is 1.10 bits per heavy atom. The summed E-state index contributed by atoms with van der Waals surface area (Å²) >= 11 is 1.30. The monoisotopic (exact) mass is 417 g/mol. The molecule has 1 fully saturated rings. The molecule has 0 aliphatic heterocycles. The quantitative estimate of drug-likeness (QED) is 0.669. The van der Waals surface area contributed by atoms with E-state index in [9.17, 15) is 9.59 Å². The van der Waals surface area contributed by atoms with Gasteiger partial charge in [-0.25, -0.2) is 4.98 Å². The fourth-order valence-corrected chi connectivity index (χ4v) is 4.16. The van der Waals surface area contributed by atoms with Gasteiger partial charge in [0.2, 0.25) is 5.91 Å². The first-order valence-corrected chi connectivity index (χ1v) is 10.7. The van der Waals surface area contributed by atoms with Crippen molar-refractivity contribution in [2.45, 2.75) is 51.0 Å². The van der Waals surface area contributed by atoms with Crippen LogP contribution < -0.4 is 20.1 Å². The minimum Gasteiger partial charge on any atom is -0.493 e. The molecular weight excluding hydrogens is 390 g/mol. The van der Waals surface area contributed by atoms with Crippen molar-refractivity contribution in [2.75, 3.05) is 19.5 Å². The van der Waals surface area contributed by atoms with Crippen LogP contribution in [0.2, 0.25) is 0 Å². The van der Waals surface area contributed by atoms with Crippen LogP contribution in [0.3, 0.4) is 0 Å². The molecule has 0 spiro atoms. The van der Waals surface area contributed by atoms with Crippen molar-refractivity contribution in [1.29, 1.82) is 0 Å². The number of anilines is 1. The van der Waals surface area contributed by atoms with Crippen LogP contribution in [0.4, 0.5) is 5.13 Å². The number of nitrogens with one attached hydrogen (secondary N) is 2. The van der Waals surface area contributed by atoms with E-state index in [1.165, 1.54) is 44.1 Å². The normalized spacial score (nSPS) is 14.7. The van der Waals surface area contributed by atoms with Crippen molar-refractivity contribution >= 4 is 28.3 Å². The maximum atomic E-state index is 12.5. The summed E-state index contributed by atoms with van der Waals surface area (Å²) in [6, 6.07) is 5.22. The minimum absolute atomic E-state index is 0.0139. The number of rotatable bonds is 7. The van der Waals surface area contributed by atoms with Crippen molar-refractivity contribution in [1.82, 2.24) is 10.3 Å². The third-order valence-electron chi connectivity index (χ3n) is 4.98. The second-order valence-electron chi connectivity index (χ2n) is 7.10. The van der Waals surface area contributed by atoms with Crippen molar-refractivity contribution < 1.29 is 19.1 Å². The standard InChI is InChI=1S/C21H27N3O4S/c1-27-17-10-9-14(11-18(17)28-2)20(26)24-21-23-16(13-29-21)12-19(25)22-15-7-5-3-4-6-8-15/h9-11,13,15H,3-8,12H2,1-2H3,(H,22,25)(H,23,24,26). The summed E-state index contributed by atoms with van der Waals surface area (Å²) < 4.78 is 10.4. The number of aromatic nitrogens is 1. The van der Waals surface area contributed by atoms with E-state index in [-0.39, 0.29) is 24.3 Å². The number of thiazole rings is 1. The summed E-state index contributed by atoms with van der Waals surface area (Å²) in [4.78, 5) is 29.2. The zero-order valence-corrected chi connectivity index (χ0v) is 17.6. The number of amides is 2. The second-order valence-corrected chi connectivity index (χ2v) is 7.96. The Labute approximate surface area is 174 Å². The van der Waals surface area contributed by atoms with Crippen LogP contribution >= 0.6 is 11.3 Å². The van der Waals surface area contributed by atoms with Crippen LogP contribution in [0, 0.1) is 0 Å². The number of ether oxygens (including phenoxy) is 2. The van der Waals surface area contributed by atoms with Gasteiger partial charge in [0.25, 0.3) is 5.91 Å². The number of hydrogen-bond donors (Lipinski definition) is 2. The van der Waals surface area contributed by atoms with Gasteiger partial charge in [-0.3, -0.25) is 14.9 Å². The lowest BCUT2D eigenvalue weighted by Crippen LogP contribution is -2.35. The molecule has 29 heavy (non-hydrogen) atoms. The molecule has 1 saturated carbocycles. The molecule has 7 nitrogen and oxygen atoms in total. The van der Waals surface area contributed by atoms with Crippen molar-refractivity contribution in [3.63, 3.8) is 0 Å². The Kier molecular flexibility index (Phi) is 7.46. The lowest BCUT2D eigenvalue weighted by atomic mass is 10.1. The molecule has 1 aliphatic carbocycles. The van der Waals surface area contributed by atoms with Crippen LogP contribution in [0.15, 0.2) is 23.6 Å². The number of nitrogens with zero attached hydrogens (tertiary/aromatic N) is 1. The van der Waals surface area contributed by atoms with E-state index in [4.69, 9.17) is 9.47 Å². The van der Waals surface area contributed by atoms with E-state index < -0.39 is 0 Å². The summed E-state index contributed by atoms with van der Waals surface area (Å²) in [5.41, 5.74) is 1.09. The van der Waals surface area contributed by atoms with Gasteiger partial charge in [0.1, 0.15) is 0 Å². The SMILES string of the molecule is COc1ccc(C(=O)Nc2nc(CC(=O)NC3CCCCCC3)cs2)cc1OC. The molecule has 1 heterocycles. The number of benzene rings is 1. The smallest absolute Gasteiger partial charge is 0.257 e. The maximum absolute atomic E-state index is 12.5. The molecular formula is C21H27N3O4S. The average molecular weight is 418 g/mol. The number of carbonyl (C=O) groups excluding carboxylic acids is 2. The average Bonchev–Trinajstić information content (AvgIpc) is 2.99. The Morgan fingerprint density at radius 3 is 2.52 bits per heavy atom. The van der Waals surface area contributed by atoms with Gasteiger partial charge in [-0.1, -0.05) is 25.7 Å². The molecule has 0 saturated heterocycles. The van der Waals surface area contributed by atoms with Gasteiger partial charge >= 0.3 is 0 Å². The summed E-state index contributed by atoms with van der Waals surface area (Å²) in [7, 11) is 3.06. The lowest BCUT2D eigenvalue weighted by Gasteiger charge is -2.15. The molecule has 0 atom stereocenters. The molecule has 0 radical (unpaired) electrons. The molecule has 156 valence electrons. The molecule has 1 aromatic carbocycles. The molecule has 3 rings (SSSR count). The zero-order chi connectivity index (χ0) is 20.6. The number of hydrogen-bond acceptors (Lipinski definition) is 6. The Bertz CT molecular complexity index is 844. The van der Waals surface area contributed by atoms with Gasteiger partial charge in [0.05, 0.1) is 26.3 Å². The molecule has 2 amide bonds. The summed E-state index contributed by atoms with van der Waals surface area (Å²) in [6.45, 7) is 0. The van der Waals surface area contributed by atoms with Crippen molar-refractivity contribution in [2.24, 2.45) is 0 Å². The lowest BCUT2D eigenvalue weighted by molar-refractivity contribution is -0.121. The molecule has 0 bridgehead atoms. The Morgan fingerprint density at radius 2 is 1.83 bits per heavy atom. The zero-order valence-electron chi connectivity index (χ0n) is 16.8. The van der Waals surface area contributed by atoms with Crippen LogP contribution in [-0.2, 0) is 11.2 Å². The summed E-state index contributed by atoms with van der Waals surface area (Å²) in [6.07, 6.45) is 7.18.